The Kier molecular flexibility index (Phi) is 9.15. The van der Waals surface area contributed by atoms with Crippen LogP contribution in [0.3, 0.4) is 0 Å². The molecule has 1 saturated carbocycles. The quantitative estimate of drug-likeness (QED) is 0.163. The molecular weight excluding hydrogens is 593 g/mol. The van der Waals surface area contributed by atoms with Crippen molar-refractivity contribution < 1.29 is 0 Å². The molecule has 1 fully saturated rings. The number of hydrogen-bond donors (Lipinski definition) is 0. The fourth-order valence-corrected chi connectivity index (χ4v) is 7.82. The second-order valence-corrected chi connectivity index (χ2v) is 14.4. The molecule has 49 heavy (non-hydrogen) atoms. The molecule has 0 N–H and O–H groups in total. The number of nitrogens with zero attached hydrogens (tertiary/aromatic N) is 2. The van der Waals surface area contributed by atoms with Gasteiger partial charge in [-0.3, -0.25) is 0 Å². The lowest BCUT2D eigenvalue weighted by atomic mass is 9.63. The van der Waals surface area contributed by atoms with Gasteiger partial charge in [0.15, 0.2) is 0 Å². The molecule has 6 aromatic carbocycles. The minimum Gasteiger partial charge on any atom is -0.310 e. The van der Waals surface area contributed by atoms with Crippen LogP contribution < -0.4 is 9.80 Å². The van der Waals surface area contributed by atoms with Crippen molar-refractivity contribution in [3.63, 3.8) is 0 Å². The zero-order valence-corrected chi connectivity index (χ0v) is 29.7. The summed E-state index contributed by atoms with van der Waals surface area (Å²) in [6.07, 6.45) is 4.79. The zero-order chi connectivity index (χ0) is 34.0. The van der Waals surface area contributed by atoms with E-state index in [9.17, 15) is 0 Å². The Labute approximate surface area is 293 Å². The van der Waals surface area contributed by atoms with Crippen molar-refractivity contribution in [3.05, 3.63) is 179 Å². The van der Waals surface area contributed by atoms with Crippen LogP contribution in [0.15, 0.2) is 146 Å². The Morgan fingerprint density at radius 1 is 0.408 bits per heavy atom. The SMILES string of the molecule is Cc1cccc(N(c2ccc(C3(c4ccc(N(c5cccc(C)c5)c5cccc(C)c5)cc4)CCC(C)CC3)cc2)c2cccc(C)c2)c1. The van der Waals surface area contributed by atoms with Gasteiger partial charge < -0.3 is 9.80 Å². The molecule has 0 bridgehead atoms. The standard InChI is InChI=1S/C47H48N2/c1-34-26-28-47(29-27-34,39-18-22-41(23-19-39)48(43-14-6-10-35(2)30-43)44-15-7-11-36(3)31-44)40-20-24-42(25-21-40)49(45-16-8-12-37(4)32-45)46-17-9-13-38(5)33-46/h6-25,30-34H,26-29H2,1-5H3. The van der Waals surface area contributed by atoms with Crippen molar-refractivity contribution in [1.29, 1.82) is 0 Å². The molecule has 246 valence electrons. The number of hydrogen-bond acceptors (Lipinski definition) is 2. The fourth-order valence-electron chi connectivity index (χ4n) is 7.82. The van der Waals surface area contributed by atoms with Crippen LogP contribution in [-0.2, 0) is 5.41 Å². The monoisotopic (exact) mass is 640 g/mol. The summed E-state index contributed by atoms with van der Waals surface area (Å²) in [5, 5.41) is 0. The lowest BCUT2D eigenvalue weighted by Crippen LogP contribution is -2.32. The van der Waals surface area contributed by atoms with Crippen LogP contribution in [0, 0.1) is 33.6 Å². The first-order valence-electron chi connectivity index (χ1n) is 17.9. The number of benzene rings is 6. The largest absolute Gasteiger partial charge is 0.310 e. The summed E-state index contributed by atoms with van der Waals surface area (Å²) < 4.78 is 0. The van der Waals surface area contributed by atoms with Gasteiger partial charge in [-0.1, -0.05) is 79.7 Å². The summed E-state index contributed by atoms with van der Waals surface area (Å²) in [4.78, 5) is 4.78. The van der Waals surface area contributed by atoms with Gasteiger partial charge in [-0.15, -0.1) is 0 Å². The van der Waals surface area contributed by atoms with Crippen molar-refractivity contribution in [2.24, 2.45) is 5.92 Å². The van der Waals surface area contributed by atoms with Crippen LogP contribution in [-0.4, -0.2) is 0 Å². The Hall–Kier alpha value is -5.08. The fraction of sp³-hybridized carbons (Fsp3) is 0.234. The molecule has 6 aromatic rings. The predicted octanol–water partition coefficient (Wildman–Crippen LogP) is 13.4. The topological polar surface area (TPSA) is 6.48 Å². The highest BCUT2D eigenvalue weighted by molar-refractivity contribution is 5.78. The van der Waals surface area contributed by atoms with Crippen LogP contribution in [0.5, 0.6) is 0 Å². The predicted molar refractivity (Wildman–Crippen MR) is 210 cm³/mol. The van der Waals surface area contributed by atoms with Crippen LogP contribution in [0.25, 0.3) is 0 Å². The Morgan fingerprint density at radius 3 is 1.00 bits per heavy atom. The Bertz CT molecular complexity index is 1800. The minimum atomic E-state index is -0.0153. The smallest absolute Gasteiger partial charge is 0.0464 e. The van der Waals surface area contributed by atoms with E-state index in [0.717, 1.165) is 18.8 Å². The third kappa shape index (κ3) is 6.78. The average Bonchev–Trinajstić information content (AvgIpc) is 3.10. The highest BCUT2D eigenvalue weighted by Crippen LogP contribution is 2.48. The van der Waals surface area contributed by atoms with Gasteiger partial charge in [0.25, 0.3) is 0 Å². The van der Waals surface area contributed by atoms with E-state index in [1.165, 1.54) is 80.3 Å². The van der Waals surface area contributed by atoms with Crippen molar-refractivity contribution in [2.75, 3.05) is 9.80 Å². The second-order valence-electron chi connectivity index (χ2n) is 14.4. The van der Waals surface area contributed by atoms with E-state index in [4.69, 9.17) is 0 Å². The minimum absolute atomic E-state index is 0.0153. The van der Waals surface area contributed by atoms with E-state index >= 15 is 0 Å². The zero-order valence-electron chi connectivity index (χ0n) is 29.7. The molecule has 0 amide bonds. The molecule has 0 atom stereocenters. The summed E-state index contributed by atoms with van der Waals surface area (Å²) >= 11 is 0. The lowest BCUT2D eigenvalue weighted by Gasteiger charge is -2.41. The summed E-state index contributed by atoms with van der Waals surface area (Å²) in [6.45, 7) is 11.1. The van der Waals surface area contributed by atoms with Gasteiger partial charge in [0.2, 0.25) is 0 Å². The second kappa shape index (κ2) is 13.8. The third-order valence-corrected chi connectivity index (χ3v) is 10.5. The first kappa shape index (κ1) is 32.5. The lowest BCUT2D eigenvalue weighted by molar-refractivity contribution is 0.280. The van der Waals surface area contributed by atoms with E-state index in [2.05, 4.69) is 190 Å². The maximum absolute atomic E-state index is 2.42. The van der Waals surface area contributed by atoms with Crippen molar-refractivity contribution in [1.82, 2.24) is 0 Å². The van der Waals surface area contributed by atoms with Crippen LogP contribution in [0.4, 0.5) is 34.1 Å². The van der Waals surface area contributed by atoms with Crippen LogP contribution >= 0.6 is 0 Å². The molecule has 2 nitrogen and oxygen atoms in total. The van der Waals surface area contributed by atoms with E-state index in [1.54, 1.807) is 0 Å². The maximum atomic E-state index is 2.42. The van der Waals surface area contributed by atoms with E-state index in [1.807, 2.05) is 0 Å². The van der Waals surface area contributed by atoms with E-state index in [0.29, 0.717) is 0 Å². The highest BCUT2D eigenvalue weighted by atomic mass is 15.1. The first-order valence-corrected chi connectivity index (χ1v) is 17.9. The van der Waals surface area contributed by atoms with Gasteiger partial charge in [-0.2, -0.15) is 0 Å². The summed E-state index contributed by atoms with van der Waals surface area (Å²) in [5.74, 6) is 0.753. The molecule has 2 heteroatoms. The number of anilines is 6. The summed E-state index contributed by atoms with van der Waals surface area (Å²) in [5.41, 5.74) is 14.9. The molecule has 0 radical (unpaired) electrons. The summed E-state index contributed by atoms with van der Waals surface area (Å²) in [7, 11) is 0. The normalized spacial score (nSPS) is 14.4. The Balaban J connectivity index is 1.28. The molecule has 7 rings (SSSR count). The van der Waals surface area contributed by atoms with E-state index < -0.39 is 0 Å². The highest BCUT2D eigenvalue weighted by Gasteiger charge is 2.37. The molecule has 1 aliphatic rings. The number of rotatable bonds is 8. The molecule has 0 aliphatic heterocycles. The number of aryl methyl sites for hydroxylation is 4. The Morgan fingerprint density at radius 2 is 0.714 bits per heavy atom. The van der Waals surface area contributed by atoms with Crippen molar-refractivity contribution in [3.8, 4) is 0 Å². The van der Waals surface area contributed by atoms with E-state index in [-0.39, 0.29) is 5.41 Å². The van der Waals surface area contributed by atoms with Gasteiger partial charge in [-0.25, -0.2) is 0 Å². The average molecular weight is 641 g/mol. The molecule has 0 unspecified atom stereocenters. The molecule has 1 aliphatic carbocycles. The van der Waals surface area contributed by atoms with Gasteiger partial charge in [0, 0.05) is 39.5 Å². The molecule has 0 spiro atoms. The van der Waals surface area contributed by atoms with Gasteiger partial charge in [0.1, 0.15) is 0 Å². The van der Waals surface area contributed by atoms with Gasteiger partial charge in [-0.05, 0) is 165 Å². The van der Waals surface area contributed by atoms with Crippen LogP contribution in [0.2, 0.25) is 0 Å². The van der Waals surface area contributed by atoms with Crippen molar-refractivity contribution >= 4 is 34.1 Å². The van der Waals surface area contributed by atoms with Crippen LogP contribution in [0.1, 0.15) is 66.0 Å². The van der Waals surface area contributed by atoms with Crippen molar-refractivity contribution in [2.45, 2.75) is 65.7 Å². The summed E-state index contributed by atoms with van der Waals surface area (Å²) in [6, 6.07) is 54.2. The molecular formula is C47H48N2. The molecule has 0 heterocycles. The van der Waals surface area contributed by atoms with Gasteiger partial charge >= 0.3 is 0 Å². The maximum Gasteiger partial charge on any atom is 0.0464 e. The molecule has 0 saturated heterocycles. The molecule has 0 aromatic heterocycles. The third-order valence-electron chi connectivity index (χ3n) is 10.5. The first-order chi connectivity index (χ1) is 23.8. The van der Waals surface area contributed by atoms with Gasteiger partial charge in [0.05, 0.1) is 0 Å².